The van der Waals surface area contributed by atoms with Crippen molar-refractivity contribution in [2.24, 2.45) is 4.99 Å². The van der Waals surface area contributed by atoms with Crippen LogP contribution in [0.2, 0.25) is 0 Å². The largest absolute Gasteiger partial charge is 0.357 e. The molecule has 1 aromatic carbocycles. The summed E-state index contributed by atoms with van der Waals surface area (Å²) in [5, 5.41) is 3.43. The van der Waals surface area contributed by atoms with Gasteiger partial charge in [-0.2, -0.15) is 0 Å². The molecule has 0 saturated heterocycles. The highest BCUT2D eigenvalue weighted by Gasteiger charge is 2.42. The molecule has 15 heavy (non-hydrogen) atoms. The topological polar surface area (TPSA) is 24.4 Å². The Bertz CT molecular complexity index is 468. The fraction of sp³-hybridized carbons (Fsp3) is 0.308. The highest BCUT2D eigenvalue weighted by atomic mass is 15.2. The lowest BCUT2D eigenvalue weighted by atomic mass is 9.87. The first-order chi connectivity index (χ1) is 7.17. The predicted octanol–water partition coefficient (Wildman–Crippen LogP) is 2.50. The van der Waals surface area contributed by atoms with Gasteiger partial charge in [-0.1, -0.05) is 29.8 Å². The van der Waals surface area contributed by atoms with Crippen LogP contribution >= 0.6 is 0 Å². The third-order valence-corrected chi connectivity index (χ3v) is 3.01. The maximum atomic E-state index is 4.48. The van der Waals surface area contributed by atoms with Crippen LogP contribution in [0.3, 0.4) is 0 Å². The molecule has 1 aromatic rings. The molecule has 2 heteroatoms. The number of hydrogen-bond donors (Lipinski definition) is 1. The van der Waals surface area contributed by atoms with Gasteiger partial charge in [0.2, 0.25) is 0 Å². The number of nitrogens with zero attached hydrogens (tertiary/aromatic N) is 1. The van der Waals surface area contributed by atoms with E-state index in [9.17, 15) is 0 Å². The molecule has 0 aliphatic carbocycles. The third-order valence-electron chi connectivity index (χ3n) is 3.01. The molecule has 1 unspecified atom stereocenters. The normalized spacial score (nSPS) is 27.3. The summed E-state index contributed by atoms with van der Waals surface area (Å²) in [7, 11) is 0. The van der Waals surface area contributed by atoms with Crippen molar-refractivity contribution in [1.82, 2.24) is 5.32 Å². The second-order valence-electron chi connectivity index (χ2n) is 4.50. The van der Waals surface area contributed by atoms with Gasteiger partial charge >= 0.3 is 0 Å². The zero-order chi connectivity index (χ0) is 10.5. The van der Waals surface area contributed by atoms with Crippen LogP contribution in [0.4, 0.5) is 0 Å². The van der Waals surface area contributed by atoms with E-state index in [1.165, 1.54) is 22.5 Å². The molecule has 1 spiro atoms. The van der Waals surface area contributed by atoms with Gasteiger partial charge in [0, 0.05) is 17.8 Å². The van der Waals surface area contributed by atoms with Crippen molar-refractivity contribution in [2.45, 2.75) is 25.9 Å². The van der Waals surface area contributed by atoms with Gasteiger partial charge < -0.3 is 5.32 Å². The first-order valence-corrected chi connectivity index (χ1v) is 5.30. The van der Waals surface area contributed by atoms with Crippen molar-refractivity contribution in [3.8, 4) is 0 Å². The van der Waals surface area contributed by atoms with Crippen LogP contribution in [0.1, 0.15) is 24.5 Å². The molecule has 3 rings (SSSR count). The van der Waals surface area contributed by atoms with E-state index in [0.29, 0.717) is 0 Å². The Balaban J connectivity index is 1.85. The molecular formula is C13H14N2. The van der Waals surface area contributed by atoms with Crippen LogP contribution in [-0.4, -0.2) is 11.4 Å². The van der Waals surface area contributed by atoms with Crippen LogP contribution < -0.4 is 5.32 Å². The van der Waals surface area contributed by atoms with Crippen molar-refractivity contribution >= 4 is 11.4 Å². The summed E-state index contributed by atoms with van der Waals surface area (Å²) >= 11 is 0. The van der Waals surface area contributed by atoms with Gasteiger partial charge in [0.05, 0.1) is 0 Å². The lowest BCUT2D eigenvalue weighted by Gasteiger charge is -2.44. The van der Waals surface area contributed by atoms with Crippen LogP contribution in [0.15, 0.2) is 35.3 Å². The summed E-state index contributed by atoms with van der Waals surface area (Å²) in [5.74, 6) is 0. The fourth-order valence-corrected chi connectivity index (χ4v) is 2.23. The summed E-state index contributed by atoms with van der Waals surface area (Å²) in [6.07, 6.45) is 3.28. The zero-order valence-corrected chi connectivity index (χ0v) is 9.04. The first-order valence-electron chi connectivity index (χ1n) is 5.30. The highest BCUT2D eigenvalue weighted by Crippen LogP contribution is 2.37. The Kier molecular flexibility index (Phi) is 1.58. The molecule has 1 atom stereocenters. The van der Waals surface area contributed by atoms with Gasteiger partial charge in [-0.05, 0) is 25.5 Å². The summed E-state index contributed by atoms with van der Waals surface area (Å²) in [6, 6.07) is 8.57. The average molecular weight is 198 g/mol. The lowest BCUT2D eigenvalue weighted by Crippen LogP contribution is -2.55. The van der Waals surface area contributed by atoms with Crippen molar-refractivity contribution in [2.75, 3.05) is 0 Å². The first kappa shape index (κ1) is 8.72. The summed E-state index contributed by atoms with van der Waals surface area (Å²) < 4.78 is 0. The molecule has 0 fully saturated rings. The van der Waals surface area contributed by atoms with E-state index in [4.69, 9.17) is 0 Å². The van der Waals surface area contributed by atoms with Crippen molar-refractivity contribution < 1.29 is 0 Å². The molecule has 2 heterocycles. The Labute approximate surface area is 89.7 Å². The molecule has 0 bridgehead atoms. The Hall–Kier alpha value is -1.57. The number of aryl methyl sites for hydroxylation is 1. The molecule has 0 aromatic heterocycles. The van der Waals surface area contributed by atoms with E-state index >= 15 is 0 Å². The van der Waals surface area contributed by atoms with E-state index in [-0.39, 0.29) is 5.66 Å². The molecule has 2 aliphatic rings. The predicted molar refractivity (Wildman–Crippen MR) is 62.7 cm³/mol. The minimum atomic E-state index is -0.0374. The van der Waals surface area contributed by atoms with E-state index in [2.05, 4.69) is 54.5 Å². The maximum Gasteiger partial charge on any atom is 0.156 e. The van der Waals surface area contributed by atoms with Gasteiger partial charge in [-0.15, -0.1) is 0 Å². The van der Waals surface area contributed by atoms with Crippen LogP contribution in [0, 0.1) is 6.92 Å². The van der Waals surface area contributed by atoms with E-state index in [0.717, 1.165) is 6.42 Å². The van der Waals surface area contributed by atoms with Gasteiger partial charge in [-0.25, -0.2) is 0 Å². The highest BCUT2D eigenvalue weighted by molar-refractivity contribution is 5.92. The van der Waals surface area contributed by atoms with Crippen LogP contribution in [0.5, 0.6) is 0 Å². The molecule has 0 amide bonds. The monoisotopic (exact) mass is 198 g/mol. The minimum absolute atomic E-state index is 0.0374. The van der Waals surface area contributed by atoms with E-state index < -0.39 is 0 Å². The van der Waals surface area contributed by atoms with E-state index in [1.54, 1.807) is 0 Å². The molecular weight excluding hydrogens is 184 g/mol. The SMILES string of the molecule is CC1=NC2(C=C(c3ccc(C)cc3)N2)C1. The fourth-order valence-electron chi connectivity index (χ4n) is 2.23. The average Bonchev–Trinajstić information content (AvgIpc) is 2.11. The van der Waals surface area contributed by atoms with E-state index in [1.807, 2.05) is 0 Å². The summed E-state index contributed by atoms with van der Waals surface area (Å²) in [4.78, 5) is 4.48. The molecule has 0 saturated carbocycles. The molecule has 2 aliphatic heterocycles. The molecule has 1 N–H and O–H groups in total. The van der Waals surface area contributed by atoms with Gasteiger partial charge in [0.25, 0.3) is 0 Å². The lowest BCUT2D eigenvalue weighted by molar-refractivity contribution is 0.423. The Morgan fingerprint density at radius 3 is 2.33 bits per heavy atom. The van der Waals surface area contributed by atoms with Crippen LogP contribution in [0.25, 0.3) is 5.70 Å². The minimum Gasteiger partial charge on any atom is -0.357 e. The maximum absolute atomic E-state index is 4.48. The van der Waals surface area contributed by atoms with Crippen molar-refractivity contribution in [1.29, 1.82) is 0 Å². The number of nitrogens with one attached hydrogen (secondary N) is 1. The quantitative estimate of drug-likeness (QED) is 0.736. The summed E-state index contributed by atoms with van der Waals surface area (Å²) in [5.41, 5.74) is 4.97. The number of benzene rings is 1. The molecule has 0 radical (unpaired) electrons. The standard InChI is InChI=1S/C13H14N2/c1-9-3-5-11(6-4-9)12-8-13(15-12)7-10(2)14-13/h3-6,8,15H,7H2,1-2H3. The smallest absolute Gasteiger partial charge is 0.156 e. The van der Waals surface area contributed by atoms with Crippen LogP contribution in [-0.2, 0) is 0 Å². The zero-order valence-electron chi connectivity index (χ0n) is 9.04. The number of hydrogen-bond acceptors (Lipinski definition) is 2. The second kappa shape index (κ2) is 2.72. The molecule has 2 nitrogen and oxygen atoms in total. The van der Waals surface area contributed by atoms with Crippen molar-refractivity contribution in [3.05, 3.63) is 41.5 Å². The summed E-state index contributed by atoms with van der Waals surface area (Å²) in [6.45, 7) is 4.18. The molecule has 76 valence electrons. The Morgan fingerprint density at radius 2 is 1.80 bits per heavy atom. The van der Waals surface area contributed by atoms with Gasteiger partial charge in [0.1, 0.15) is 0 Å². The third kappa shape index (κ3) is 1.29. The van der Waals surface area contributed by atoms with Gasteiger partial charge in [0.15, 0.2) is 5.66 Å². The van der Waals surface area contributed by atoms with Crippen molar-refractivity contribution in [3.63, 3.8) is 0 Å². The Morgan fingerprint density at radius 1 is 1.20 bits per heavy atom. The number of aliphatic imine (C=N–C) groups is 1. The second-order valence-corrected chi connectivity index (χ2v) is 4.50. The number of rotatable bonds is 1. The van der Waals surface area contributed by atoms with Gasteiger partial charge in [-0.3, -0.25) is 4.99 Å².